The van der Waals surface area contributed by atoms with E-state index in [1.807, 2.05) is 0 Å². The maximum Gasteiger partial charge on any atom is 0.0801 e. The third kappa shape index (κ3) is 2.79. The van der Waals surface area contributed by atoms with E-state index in [-0.39, 0.29) is 0 Å². The lowest BCUT2D eigenvalue weighted by molar-refractivity contribution is 1.64. The summed E-state index contributed by atoms with van der Waals surface area (Å²) in [6.07, 6.45) is 11.8. The van der Waals surface area contributed by atoms with Gasteiger partial charge in [-0.05, 0) is 90.7 Å². The van der Waals surface area contributed by atoms with Crippen LogP contribution >= 0.6 is 0 Å². The molecule has 0 spiro atoms. The highest BCUT2D eigenvalue weighted by molar-refractivity contribution is 6.91. The molecule has 5 aromatic carbocycles. The molecule has 0 saturated carbocycles. The summed E-state index contributed by atoms with van der Waals surface area (Å²) < 4.78 is 0. The zero-order chi connectivity index (χ0) is 21.0. The summed E-state index contributed by atoms with van der Waals surface area (Å²) in [6.45, 7) is 7.00. The maximum absolute atomic E-state index is 5.93. The van der Waals surface area contributed by atoms with Crippen molar-refractivity contribution in [3.63, 3.8) is 0 Å². The molecule has 30 heavy (non-hydrogen) atoms. The monoisotopic (exact) mass is 398 g/mol. The number of terminal acetylenes is 2. The number of fused-ring (bicyclic) bond motifs is 4. The molecule has 0 fully saturated rings. The van der Waals surface area contributed by atoms with Gasteiger partial charge in [0.2, 0.25) is 0 Å². The third-order valence-corrected chi connectivity index (χ3v) is 7.99. The van der Waals surface area contributed by atoms with E-state index in [1.54, 1.807) is 0 Å². The van der Waals surface area contributed by atoms with Crippen LogP contribution in [0, 0.1) is 24.7 Å². The molecule has 0 radical (unpaired) electrons. The second-order valence-electron chi connectivity index (χ2n) is 9.03. The average molecular weight is 399 g/mol. The second kappa shape index (κ2) is 6.50. The van der Waals surface area contributed by atoms with Crippen LogP contribution in [0.1, 0.15) is 11.1 Å². The number of rotatable bonds is 1. The molecule has 0 unspecified atom stereocenters. The van der Waals surface area contributed by atoms with E-state index < -0.39 is 8.07 Å². The van der Waals surface area contributed by atoms with Crippen molar-refractivity contribution in [1.82, 2.24) is 0 Å². The fourth-order valence-corrected chi connectivity index (χ4v) is 6.62. The van der Waals surface area contributed by atoms with Crippen molar-refractivity contribution in [2.24, 2.45) is 0 Å². The quantitative estimate of drug-likeness (QED) is 0.165. The first kappa shape index (κ1) is 18.5. The van der Waals surface area contributed by atoms with E-state index in [2.05, 4.69) is 98.2 Å². The molecule has 0 amide bonds. The van der Waals surface area contributed by atoms with E-state index in [1.165, 1.54) is 48.3 Å². The minimum atomic E-state index is -1.73. The van der Waals surface area contributed by atoms with Gasteiger partial charge in [-0.15, -0.1) is 12.8 Å². The van der Waals surface area contributed by atoms with Crippen LogP contribution in [-0.4, -0.2) is 8.07 Å². The molecular weight excluding hydrogens is 376 g/mol. The molecular formula is C29H22Si. The largest absolute Gasteiger partial charge is 0.115 e. The Morgan fingerprint density at radius 3 is 1.60 bits per heavy atom. The van der Waals surface area contributed by atoms with Gasteiger partial charge in [0.25, 0.3) is 0 Å². The SMILES string of the molecule is C#Cc1cc2cc3cc4cc5ccccc5cc4cc3cc2c([Si](C)(C)C)c1C#C. The predicted octanol–water partition coefficient (Wildman–Crippen LogP) is 6.81. The van der Waals surface area contributed by atoms with Gasteiger partial charge in [0, 0.05) is 11.1 Å². The average Bonchev–Trinajstić information content (AvgIpc) is 2.72. The van der Waals surface area contributed by atoms with E-state index in [4.69, 9.17) is 12.8 Å². The van der Waals surface area contributed by atoms with Crippen LogP contribution in [0.15, 0.2) is 66.7 Å². The number of benzene rings is 5. The standard InChI is InChI=1S/C29H22Si/c1-6-19-12-26-17-24-15-22-13-20-10-8-9-11-21(20)14-23(22)16-25(24)18-28(26)29(27(19)7-2)30(3,4)5/h1-2,8-18H,3-5H3. The number of hydrogen-bond donors (Lipinski definition) is 0. The van der Waals surface area contributed by atoms with E-state index in [0.29, 0.717) is 0 Å². The van der Waals surface area contributed by atoms with Crippen molar-refractivity contribution < 1.29 is 0 Å². The molecule has 5 rings (SSSR count). The molecule has 0 aromatic heterocycles. The summed E-state index contributed by atoms with van der Waals surface area (Å²) in [7, 11) is -1.73. The van der Waals surface area contributed by atoms with Gasteiger partial charge in [-0.1, -0.05) is 55.7 Å². The Morgan fingerprint density at radius 1 is 0.600 bits per heavy atom. The smallest absolute Gasteiger partial charge is 0.0801 e. The van der Waals surface area contributed by atoms with E-state index in [0.717, 1.165) is 11.1 Å². The lowest BCUT2D eigenvalue weighted by Gasteiger charge is -2.23. The van der Waals surface area contributed by atoms with Gasteiger partial charge in [0.05, 0.1) is 8.07 Å². The van der Waals surface area contributed by atoms with Crippen molar-refractivity contribution in [3.8, 4) is 24.7 Å². The Labute approximate surface area is 178 Å². The molecule has 0 nitrogen and oxygen atoms in total. The van der Waals surface area contributed by atoms with Crippen molar-refractivity contribution in [2.45, 2.75) is 19.6 Å². The summed E-state index contributed by atoms with van der Waals surface area (Å²) in [5, 5.41) is 11.2. The van der Waals surface area contributed by atoms with Crippen molar-refractivity contribution in [3.05, 3.63) is 77.9 Å². The normalized spacial score (nSPS) is 11.8. The Balaban J connectivity index is 1.93. The topological polar surface area (TPSA) is 0 Å². The molecule has 0 atom stereocenters. The first-order chi connectivity index (χ1) is 14.4. The Bertz CT molecular complexity index is 1580. The van der Waals surface area contributed by atoms with Crippen molar-refractivity contribution in [1.29, 1.82) is 0 Å². The number of hydrogen-bond acceptors (Lipinski definition) is 0. The van der Waals surface area contributed by atoms with Crippen LogP contribution in [0.5, 0.6) is 0 Å². The van der Waals surface area contributed by atoms with Gasteiger partial charge < -0.3 is 0 Å². The van der Waals surface area contributed by atoms with Crippen LogP contribution in [0.25, 0.3) is 43.1 Å². The molecule has 0 N–H and O–H groups in total. The van der Waals surface area contributed by atoms with Gasteiger partial charge >= 0.3 is 0 Å². The third-order valence-electron chi connectivity index (χ3n) is 5.97. The van der Waals surface area contributed by atoms with Crippen molar-refractivity contribution in [2.75, 3.05) is 0 Å². The van der Waals surface area contributed by atoms with E-state index >= 15 is 0 Å². The van der Waals surface area contributed by atoms with Crippen LogP contribution in [0.4, 0.5) is 0 Å². The minimum absolute atomic E-state index is 0.827. The minimum Gasteiger partial charge on any atom is -0.115 e. The van der Waals surface area contributed by atoms with Crippen LogP contribution in [-0.2, 0) is 0 Å². The lowest BCUT2D eigenvalue weighted by Crippen LogP contribution is -2.40. The Kier molecular flexibility index (Phi) is 4.01. The van der Waals surface area contributed by atoms with Gasteiger partial charge in [0.1, 0.15) is 0 Å². The molecule has 1 heteroatoms. The van der Waals surface area contributed by atoms with E-state index in [9.17, 15) is 0 Å². The van der Waals surface area contributed by atoms with Gasteiger partial charge in [0.15, 0.2) is 0 Å². The fraction of sp³-hybridized carbons (Fsp3) is 0.103. The van der Waals surface area contributed by atoms with Gasteiger partial charge in [-0.3, -0.25) is 0 Å². The van der Waals surface area contributed by atoms with Crippen LogP contribution in [0.2, 0.25) is 19.6 Å². The van der Waals surface area contributed by atoms with Gasteiger partial charge in [-0.25, -0.2) is 0 Å². The zero-order valence-electron chi connectivity index (χ0n) is 17.5. The van der Waals surface area contributed by atoms with Gasteiger partial charge in [-0.2, -0.15) is 0 Å². The highest BCUT2D eigenvalue weighted by Crippen LogP contribution is 2.31. The van der Waals surface area contributed by atoms with Crippen molar-refractivity contribution >= 4 is 56.4 Å². The first-order valence-corrected chi connectivity index (χ1v) is 13.7. The summed E-state index contributed by atoms with van der Waals surface area (Å²) in [4.78, 5) is 0. The first-order valence-electron chi connectivity index (χ1n) is 10.2. The summed E-state index contributed by atoms with van der Waals surface area (Å²) >= 11 is 0. The molecule has 0 aliphatic carbocycles. The highest BCUT2D eigenvalue weighted by Gasteiger charge is 2.24. The maximum atomic E-state index is 5.93. The Hall–Kier alpha value is -3.52. The highest BCUT2D eigenvalue weighted by atomic mass is 28.3. The summed E-state index contributed by atoms with van der Waals surface area (Å²) in [5.41, 5.74) is 1.73. The zero-order valence-corrected chi connectivity index (χ0v) is 18.5. The molecule has 0 bridgehead atoms. The second-order valence-corrected chi connectivity index (χ2v) is 14.0. The molecule has 0 saturated heterocycles. The molecule has 5 aromatic rings. The summed E-state index contributed by atoms with van der Waals surface area (Å²) in [6, 6.07) is 24.3. The molecule has 0 heterocycles. The van der Waals surface area contributed by atoms with Crippen LogP contribution < -0.4 is 5.19 Å². The Morgan fingerprint density at radius 2 is 1.10 bits per heavy atom. The molecule has 0 aliphatic rings. The fourth-order valence-electron chi connectivity index (χ4n) is 4.64. The van der Waals surface area contributed by atoms with Crippen LogP contribution in [0.3, 0.4) is 0 Å². The lowest BCUT2D eigenvalue weighted by atomic mass is 9.95. The predicted molar refractivity (Wildman–Crippen MR) is 135 cm³/mol. The molecule has 0 aliphatic heterocycles. The summed E-state index contributed by atoms with van der Waals surface area (Å²) in [5.74, 6) is 5.73. The molecule has 142 valence electrons.